The van der Waals surface area contributed by atoms with Crippen molar-refractivity contribution in [2.75, 3.05) is 18.0 Å². The number of hydrogen-bond acceptors (Lipinski definition) is 4. The Labute approximate surface area is 83.4 Å². The predicted molar refractivity (Wildman–Crippen MR) is 55.0 cm³/mol. The number of rotatable bonds is 2. The van der Waals surface area contributed by atoms with Gasteiger partial charge in [0.05, 0.1) is 6.10 Å². The van der Waals surface area contributed by atoms with Crippen LogP contribution in [0.5, 0.6) is 0 Å². The first-order valence-corrected chi connectivity index (χ1v) is 4.87. The van der Waals surface area contributed by atoms with Gasteiger partial charge in [0.2, 0.25) is 0 Å². The number of anilines is 1. The summed E-state index contributed by atoms with van der Waals surface area (Å²) in [6.45, 7) is 1.20. The summed E-state index contributed by atoms with van der Waals surface area (Å²) in [6.07, 6.45) is 2.23. The van der Waals surface area contributed by atoms with Gasteiger partial charge < -0.3 is 15.7 Å². The van der Waals surface area contributed by atoms with Crippen LogP contribution in [0.1, 0.15) is 6.42 Å². The highest BCUT2D eigenvalue weighted by Crippen LogP contribution is 2.22. The molecule has 0 radical (unpaired) electrons. The zero-order chi connectivity index (χ0) is 9.97. The second kappa shape index (κ2) is 3.94. The molecule has 1 aliphatic rings. The molecule has 2 rings (SSSR count). The summed E-state index contributed by atoms with van der Waals surface area (Å²) in [5, 5.41) is 9.54. The Morgan fingerprint density at radius 3 is 3.07 bits per heavy atom. The third-order valence-corrected chi connectivity index (χ3v) is 2.61. The lowest BCUT2D eigenvalue weighted by Crippen LogP contribution is -2.35. The molecule has 2 heterocycles. The Morgan fingerprint density at radius 2 is 2.43 bits per heavy atom. The number of hydrogen-bond donors (Lipinski definition) is 2. The van der Waals surface area contributed by atoms with Crippen LogP contribution in [0.25, 0.3) is 0 Å². The van der Waals surface area contributed by atoms with Gasteiger partial charge in [0, 0.05) is 25.3 Å². The lowest BCUT2D eigenvalue weighted by Gasteiger charge is -2.23. The molecule has 0 saturated carbocycles. The van der Waals surface area contributed by atoms with Gasteiger partial charge in [-0.3, -0.25) is 0 Å². The van der Waals surface area contributed by atoms with Gasteiger partial charge in [0.15, 0.2) is 0 Å². The molecule has 14 heavy (non-hydrogen) atoms. The third kappa shape index (κ3) is 1.71. The van der Waals surface area contributed by atoms with Crippen molar-refractivity contribution in [2.45, 2.75) is 18.6 Å². The molecule has 0 amide bonds. The van der Waals surface area contributed by atoms with E-state index in [1.54, 1.807) is 6.20 Å². The molecule has 0 aromatic carbocycles. The highest BCUT2D eigenvalue weighted by atomic mass is 16.3. The fourth-order valence-corrected chi connectivity index (χ4v) is 1.92. The van der Waals surface area contributed by atoms with Gasteiger partial charge in [-0.1, -0.05) is 6.07 Å². The van der Waals surface area contributed by atoms with Crippen molar-refractivity contribution in [1.29, 1.82) is 0 Å². The van der Waals surface area contributed by atoms with Crippen LogP contribution in [0.2, 0.25) is 0 Å². The predicted octanol–water partition coefficient (Wildman–Crippen LogP) is -0.0201. The van der Waals surface area contributed by atoms with Gasteiger partial charge in [-0.25, -0.2) is 4.98 Å². The summed E-state index contributed by atoms with van der Waals surface area (Å²) in [5.74, 6) is 0.902. The molecule has 2 unspecified atom stereocenters. The number of aromatic nitrogens is 1. The lowest BCUT2D eigenvalue weighted by molar-refractivity contribution is 0.194. The van der Waals surface area contributed by atoms with E-state index >= 15 is 0 Å². The molecule has 3 N–H and O–H groups in total. The maximum Gasteiger partial charge on any atom is 0.128 e. The maximum atomic E-state index is 9.54. The Balaban J connectivity index is 2.18. The molecule has 4 heteroatoms. The minimum Gasteiger partial charge on any atom is -0.391 e. The topological polar surface area (TPSA) is 62.4 Å². The van der Waals surface area contributed by atoms with Crippen molar-refractivity contribution >= 4 is 5.82 Å². The Morgan fingerprint density at radius 1 is 1.57 bits per heavy atom. The molecular weight excluding hydrogens is 178 g/mol. The van der Waals surface area contributed by atoms with E-state index in [9.17, 15) is 5.11 Å². The van der Waals surface area contributed by atoms with Crippen molar-refractivity contribution in [3.63, 3.8) is 0 Å². The summed E-state index contributed by atoms with van der Waals surface area (Å²) >= 11 is 0. The molecule has 1 saturated heterocycles. The Kier molecular flexibility index (Phi) is 2.65. The van der Waals surface area contributed by atoms with E-state index in [1.807, 2.05) is 18.2 Å². The second-order valence-corrected chi connectivity index (χ2v) is 3.62. The number of pyridine rings is 1. The molecule has 1 aromatic heterocycles. The highest BCUT2D eigenvalue weighted by molar-refractivity contribution is 5.41. The van der Waals surface area contributed by atoms with E-state index in [0.717, 1.165) is 12.2 Å². The van der Waals surface area contributed by atoms with E-state index in [4.69, 9.17) is 5.73 Å². The summed E-state index contributed by atoms with van der Waals surface area (Å²) in [4.78, 5) is 6.33. The third-order valence-electron chi connectivity index (χ3n) is 2.61. The molecule has 0 aliphatic carbocycles. The fourth-order valence-electron chi connectivity index (χ4n) is 1.92. The number of nitrogens with zero attached hydrogens (tertiary/aromatic N) is 2. The van der Waals surface area contributed by atoms with Crippen LogP contribution < -0.4 is 10.6 Å². The standard InChI is InChI=1S/C10H15N3O/c11-6-8-5-9(14)7-13(8)10-3-1-2-4-12-10/h1-4,8-9,14H,5-7,11H2. The van der Waals surface area contributed by atoms with Crippen LogP contribution in [0.3, 0.4) is 0 Å². The zero-order valence-corrected chi connectivity index (χ0v) is 8.00. The summed E-state index contributed by atoms with van der Waals surface area (Å²) in [7, 11) is 0. The largest absolute Gasteiger partial charge is 0.391 e. The van der Waals surface area contributed by atoms with Crippen LogP contribution >= 0.6 is 0 Å². The van der Waals surface area contributed by atoms with E-state index in [2.05, 4.69) is 9.88 Å². The Hall–Kier alpha value is -1.13. The lowest BCUT2D eigenvalue weighted by atomic mass is 10.2. The van der Waals surface area contributed by atoms with E-state index in [-0.39, 0.29) is 12.1 Å². The minimum absolute atomic E-state index is 0.222. The smallest absolute Gasteiger partial charge is 0.128 e. The molecule has 76 valence electrons. The number of β-amino-alcohol motifs (C(OH)–C–C–N with tert-alkyl or cyclic N) is 1. The highest BCUT2D eigenvalue weighted by Gasteiger charge is 2.30. The zero-order valence-electron chi connectivity index (χ0n) is 8.00. The Bertz CT molecular complexity index is 291. The molecule has 1 fully saturated rings. The molecule has 2 atom stereocenters. The van der Waals surface area contributed by atoms with Gasteiger partial charge >= 0.3 is 0 Å². The van der Waals surface area contributed by atoms with Gasteiger partial charge in [-0.2, -0.15) is 0 Å². The first kappa shape index (κ1) is 9.43. The molecule has 4 nitrogen and oxygen atoms in total. The van der Waals surface area contributed by atoms with Gasteiger partial charge in [0.25, 0.3) is 0 Å². The van der Waals surface area contributed by atoms with Crippen molar-refractivity contribution in [2.24, 2.45) is 5.73 Å². The summed E-state index contributed by atoms with van der Waals surface area (Å²) in [6, 6.07) is 5.99. The van der Waals surface area contributed by atoms with E-state index in [0.29, 0.717) is 13.1 Å². The average molecular weight is 193 g/mol. The van der Waals surface area contributed by atoms with Gasteiger partial charge in [-0.15, -0.1) is 0 Å². The summed E-state index contributed by atoms with van der Waals surface area (Å²) in [5.41, 5.74) is 5.64. The number of nitrogens with two attached hydrogens (primary N) is 1. The average Bonchev–Trinajstić information content (AvgIpc) is 2.61. The van der Waals surface area contributed by atoms with Crippen LogP contribution in [0.15, 0.2) is 24.4 Å². The summed E-state index contributed by atoms with van der Waals surface area (Å²) < 4.78 is 0. The molecule has 1 aliphatic heterocycles. The first-order chi connectivity index (χ1) is 6.81. The normalized spacial score (nSPS) is 26.9. The molecule has 1 aromatic rings. The minimum atomic E-state index is -0.273. The molecule has 0 bridgehead atoms. The SMILES string of the molecule is NCC1CC(O)CN1c1ccccn1. The van der Waals surface area contributed by atoms with Crippen molar-refractivity contribution in [3.05, 3.63) is 24.4 Å². The van der Waals surface area contributed by atoms with Crippen LogP contribution in [0, 0.1) is 0 Å². The second-order valence-electron chi connectivity index (χ2n) is 3.62. The number of aliphatic hydroxyl groups is 1. The monoisotopic (exact) mass is 193 g/mol. The van der Waals surface area contributed by atoms with Crippen molar-refractivity contribution in [3.8, 4) is 0 Å². The quantitative estimate of drug-likeness (QED) is 0.693. The van der Waals surface area contributed by atoms with Crippen LogP contribution in [0.4, 0.5) is 5.82 Å². The molecule has 0 spiro atoms. The number of aliphatic hydroxyl groups excluding tert-OH is 1. The van der Waals surface area contributed by atoms with Gasteiger partial charge in [-0.05, 0) is 18.6 Å². The van der Waals surface area contributed by atoms with E-state index in [1.165, 1.54) is 0 Å². The fraction of sp³-hybridized carbons (Fsp3) is 0.500. The molecular formula is C10H15N3O. The maximum absolute atomic E-state index is 9.54. The van der Waals surface area contributed by atoms with Crippen LogP contribution in [-0.2, 0) is 0 Å². The van der Waals surface area contributed by atoms with Gasteiger partial charge in [0.1, 0.15) is 5.82 Å². The van der Waals surface area contributed by atoms with Crippen LogP contribution in [-0.4, -0.2) is 35.3 Å². The van der Waals surface area contributed by atoms with Crippen molar-refractivity contribution < 1.29 is 5.11 Å². The first-order valence-electron chi connectivity index (χ1n) is 4.87. The van der Waals surface area contributed by atoms with Crippen molar-refractivity contribution in [1.82, 2.24) is 4.98 Å². The van der Waals surface area contributed by atoms with E-state index < -0.39 is 0 Å².